The van der Waals surface area contributed by atoms with Crippen molar-refractivity contribution in [3.8, 4) is 0 Å². The Morgan fingerprint density at radius 1 is 1.11 bits per heavy atom. The Morgan fingerprint density at radius 3 is 2.26 bits per heavy atom. The summed E-state index contributed by atoms with van der Waals surface area (Å²) in [5, 5.41) is 2.91. The third kappa shape index (κ3) is 5.57. The molecule has 0 aliphatic rings. The van der Waals surface area contributed by atoms with Crippen molar-refractivity contribution in [2.24, 2.45) is 0 Å². The Balaban J connectivity index is 2.16. The molecule has 2 aromatic carbocycles. The van der Waals surface area contributed by atoms with Crippen LogP contribution in [-0.2, 0) is 21.2 Å². The Hall–Kier alpha value is -2.34. The number of benzene rings is 2. The summed E-state index contributed by atoms with van der Waals surface area (Å²) in [5.74, 6) is -0.340. The number of aryl methyl sites for hydroxylation is 3. The Labute approximate surface area is 162 Å². The van der Waals surface area contributed by atoms with Crippen LogP contribution in [0.2, 0.25) is 0 Å². The van der Waals surface area contributed by atoms with Gasteiger partial charge in [0, 0.05) is 0 Å². The van der Waals surface area contributed by atoms with E-state index >= 15 is 0 Å². The lowest BCUT2D eigenvalue weighted by Gasteiger charge is -2.24. The smallest absolute Gasteiger partial charge is 0.241 e. The van der Waals surface area contributed by atoms with Gasteiger partial charge in [-0.3, -0.25) is 9.10 Å². The molecule has 0 bridgehead atoms. The number of carbonyl (C=O) groups excluding carboxylic acids is 1. The molecule has 0 aliphatic heterocycles. The van der Waals surface area contributed by atoms with Gasteiger partial charge in [-0.25, -0.2) is 8.42 Å². The summed E-state index contributed by atoms with van der Waals surface area (Å²) in [7, 11) is -3.57. The van der Waals surface area contributed by atoms with Gasteiger partial charge >= 0.3 is 0 Å². The fourth-order valence-electron chi connectivity index (χ4n) is 3.10. The second kappa shape index (κ2) is 8.57. The molecule has 0 radical (unpaired) electrons. The van der Waals surface area contributed by atoms with Crippen LogP contribution < -0.4 is 9.62 Å². The van der Waals surface area contributed by atoms with E-state index < -0.39 is 10.0 Å². The maximum atomic E-state index is 12.5. The zero-order valence-electron chi connectivity index (χ0n) is 16.6. The summed E-state index contributed by atoms with van der Waals surface area (Å²) < 4.78 is 25.6. The molecule has 27 heavy (non-hydrogen) atoms. The molecule has 0 heterocycles. The van der Waals surface area contributed by atoms with Crippen molar-refractivity contribution in [2.75, 3.05) is 17.1 Å². The van der Waals surface area contributed by atoms with E-state index in [1.54, 1.807) is 12.1 Å². The van der Waals surface area contributed by atoms with Crippen LogP contribution >= 0.6 is 0 Å². The van der Waals surface area contributed by atoms with Gasteiger partial charge in [0.25, 0.3) is 0 Å². The van der Waals surface area contributed by atoms with Crippen molar-refractivity contribution in [1.29, 1.82) is 0 Å². The van der Waals surface area contributed by atoms with E-state index in [4.69, 9.17) is 0 Å². The van der Waals surface area contributed by atoms with E-state index in [1.807, 2.05) is 52.0 Å². The van der Waals surface area contributed by atoms with Crippen LogP contribution in [0.4, 0.5) is 5.69 Å². The maximum absolute atomic E-state index is 12.5. The minimum absolute atomic E-state index is 0.207. The fourth-order valence-corrected chi connectivity index (χ4v) is 3.96. The van der Waals surface area contributed by atoms with Crippen molar-refractivity contribution < 1.29 is 13.2 Å². The molecule has 1 atom stereocenters. The van der Waals surface area contributed by atoms with E-state index in [0.29, 0.717) is 5.69 Å². The van der Waals surface area contributed by atoms with Crippen LogP contribution in [0.25, 0.3) is 0 Å². The number of amides is 1. The van der Waals surface area contributed by atoms with Crippen LogP contribution in [0.5, 0.6) is 0 Å². The Bertz CT molecular complexity index is 906. The highest BCUT2D eigenvalue weighted by atomic mass is 32.2. The molecule has 0 aromatic heterocycles. The number of sulfonamides is 1. The second-order valence-corrected chi connectivity index (χ2v) is 8.85. The molecule has 0 unspecified atom stereocenters. The van der Waals surface area contributed by atoms with Crippen molar-refractivity contribution in [2.45, 2.75) is 40.2 Å². The molecule has 0 saturated carbocycles. The third-order valence-electron chi connectivity index (χ3n) is 4.59. The topological polar surface area (TPSA) is 66.5 Å². The van der Waals surface area contributed by atoms with E-state index in [9.17, 15) is 13.2 Å². The van der Waals surface area contributed by atoms with Crippen molar-refractivity contribution in [3.63, 3.8) is 0 Å². The zero-order chi connectivity index (χ0) is 20.2. The molecule has 5 nitrogen and oxygen atoms in total. The van der Waals surface area contributed by atoms with Gasteiger partial charge in [-0.15, -0.1) is 0 Å². The average molecular weight is 389 g/mol. The molecule has 6 heteroatoms. The Kier molecular flexibility index (Phi) is 6.65. The first-order valence-electron chi connectivity index (χ1n) is 9.05. The first-order chi connectivity index (χ1) is 12.6. The van der Waals surface area contributed by atoms with Gasteiger partial charge in [0.1, 0.15) is 6.54 Å². The molecule has 1 amide bonds. The van der Waals surface area contributed by atoms with Gasteiger partial charge in [0.2, 0.25) is 15.9 Å². The summed E-state index contributed by atoms with van der Waals surface area (Å²) in [4.78, 5) is 12.5. The van der Waals surface area contributed by atoms with E-state index in [2.05, 4.69) is 11.4 Å². The van der Waals surface area contributed by atoms with Gasteiger partial charge in [-0.1, -0.05) is 42.8 Å². The second-order valence-electron chi connectivity index (χ2n) is 6.94. The normalized spacial score (nSPS) is 12.5. The summed E-state index contributed by atoms with van der Waals surface area (Å²) in [6.07, 6.45) is 1.98. The van der Waals surface area contributed by atoms with Crippen molar-refractivity contribution >= 4 is 21.6 Å². The molecule has 2 rings (SSSR count). The Morgan fingerprint density at radius 2 is 1.74 bits per heavy atom. The minimum Gasteiger partial charge on any atom is -0.348 e. The van der Waals surface area contributed by atoms with Gasteiger partial charge < -0.3 is 5.32 Å². The van der Waals surface area contributed by atoms with Gasteiger partial charge in [0.15, 0.2) is 0 Å². The lowest BCUT2D eigenvalue weighted by Crippen LogP contribution is -2.41. The number of nitrogens with zero attached hydrogens (tertiary/aromatic N) is 1. The molecule has 0 fully saturated rings. The van der Waals surface area contributed by atoms with Crippen molar-refractivity contribution in [1.82, 2.24) is 5.32 Å². The molecule has 146 valence electrons. The SMILES string of the molecule is CCc1ccc(N(CC(=O)N[C@H](C)c2ccc(C)cc2C)S(C)(=O)=O)cc1. The molecule has 0 saturated heterocycles. The summed E-state index contributed by atoms with van der Waals surface area (Å²) >= 11 is 0. The highest BCUT2D eigenvalue weighted by Gasteiger charge is 2.22. The number of nitrogens with one attached hydrogen (secondary N) is 1. The zero-order valence-corrected chi connectivity index (χ0v) is 17.4. The van der Waals surface area contributed by atoms with Gasteiger partial charge in [-0.2, -0.15) is 0 Å². The number of rotatable bonds is 7. The first kappa shape index (κ1) is 21.0. The van der Waals surface area contributed by atoms with Crippen molar-refractivity contribution in [3.05, 3.63) is 64.7 Å². The van der Waals surface area contributed by atoms with Crippen LogP contribution in [-0.4, -0.2) is 27.1 Å². The van der Waals surface area contributed by atoms with Crippen LogP contribution in [0, 0.1) is 13.8 Å². The number of hydrogen-bond donors (Lipinski definition) is 1. The standard InChI is InChI=1S/C21H28N2O3S/c1-6-18-8-10-19(11-9-18)23(27(5,25)26)14-21(24)22-17(4)20-12-7-15(2)13-16(20)3/h7-13,17H,6,14H2,1-5H3,(H,22,24)/t17-/m1/s1. The highest BCUT2D eigenvalue weighted by Crippen LogP contribution is 2.20. The van der Waals surface area contributed by atoms with E-state index in [-0.39, 0.29) is 18.5 Å². The number of carbonyl (C=O) groups is 1. The summed E-state index contributed by atoms with van der Waals surface area (Å²) in [5.41, 5.74) is 4.88. The first-order valence-corrected chi connectivity index (χ1v) is 10.9. The summed E-state index contributed by atoms with van der Waals surface area (Å²) in [6, 6.07) is 13.1. The highest BCUT2D eigenvalue weighted by molar-refractivity contribution is 7.92. The molecule has 1 N–H and O–H groups in total. The lowest BCUT2D eigenvalue weighted by atomic mass is 10.0. The largest absolute Gasteiger partial charge is 0.348 e. The van der Waals surface area contributed by atoms with Crippen LogP contribution in [0.3, 0.4) is 0 Å². The average Bonchev–Trinajstić information content (AvgIpc) is 2.58. The third-order valence-corrected chi connectivity index (χ3v) is 5.73. The van der Waals surface area contributed by atoms with Gasteiger partial charge in [-0.05, 0) is 56.0 Å². The predicted octanol–water partition coefficient (Wildman–Crippen LogP) is 3.51. The molecular formula is C21H28N2O3S. The predicted molar refractivity (Wildman–Crippen MR) is 110 cm³/mol. The monoisotopic (exact) mass is 388 g/mol. The quantitative estimate of drug-likeness (QED) is 0.789. The van der Waals surface area contributed by atoms with Gasteiger partial charge in [0.05, 0.1) is 18.0 Å². The fraction of sp³-hybridized carbons (Fsp3) is 0.381. The number of hydrogen-bond acceptors (Lipinski definition) is 3. The molecular weight excluding hydrogens is 360 g/mol. The molecule has 0 aliphatic carbocycles. The lowest BCUT2D eigenvalue weighted by molar-refractivity contribution is -0.120. The maximum Gasteiger partial charge on any atom is 0.241 e. The summed E-state index contributed by atoms with van der Waals surface area (Å²) in [6.45, 7) is 7.71. The molecule has 0 spiro atoms. The number of anilines is 1. The minimum atomic E-state index is -3.57. The van der Waals surface area contributed by atoms with Crippen LogP contribution in [0.15, 0.2) is 42.5 Å². The molecule has 2 aromatic rings. The van der Waals surface area contributed by atoms with E-state index in [0.717, 1.165) is 39.2 Å². The van der Waals surface area contributed by atoms with E-state index in [1.165, 1.54) is 0 Å². The van der Waals surface area contributed by atoms with Crippen LogP contribution in [0.1, 0.15) is 42.1 Å².